The summed E-state index contributed by atoms with van der Waals surface area (Å²) in [5.74, 6) is 1.90. The highest BCUT2D eigenvalue weighted by Gasteiger charge is 2.27. The minimum absolute atomic E-state index is 0.465. The Bertz CT molecular complexity index is 925. The zero-order valence-corrected chi connectivity index (χ0v) is 14.5. The molecule has 0 fully saturated rings. The Morgan fingerprint density at radius 3 is 1.67 bits per heavy atom. The maximum absolute atomic E-state index is 7.70. The van der Waals surface area contributed by atoms with Crippen molar-refractivity contribution >= 4 is 22.7 Å². The third-order valence-electron chi connectivity index (χ3n) is 4.40. The van der Waals surface area contributed by atoms with Gasteiger partial charge in [-0.05, 0) is 0 Å². The van der Waals surface area contributed by atoms with E-state index in [1.807, 2.05) is 48.6 Å². The van der Waals surface area contributed by atoms with Crippen LogP contribution in [0.4, 0.5) is 0 Å². The molecule has 1 heterocycles. The van der Waals surface area contributed by atoms with Gasteiger partial charge in [-0.3, -0.25) is 16.2 Å². The zero-order valence-electron chi connectivity index (χ0n) is 14.5. The lowest BCUT2D eigenvalue weighted by Crippen LogP contribution is -2.09. The highest BCUT2D eigenvalue weighted by molar-refractivity contribution is 6.06. The molecule has 0 aromatic carbocycles. The number of allylic oxidation sites excluding steroid dienone is 12. The molecule has 3 aliphatic carbocycles. The number of hydrogen-bond donors (Lipinski definition) is 3. The molecule has 4 rings (SSSR count). The second-order valence-corrected chi connectivity index (χ2v) is 6.36. The summed E-state index contributed by atoms with van der Waals surface area (Å²) in [5.41, 5.74) is 5.09. The molecule has 1 aromatic heterocycles. The summed E-state index contributed by atoms with van der Waals surface area (Å²) in [6.45, 7) is 0. The summed E-state index contributed by atoms with van der Waals surface area (Å²) in [6.07, 6.45) is 22.1. The molecule has 0 saturated heterocycles. The van der Waals surface area contributed by atoms with E-state index in [1.165, 1.54) is 0 Å². The molecule has 0 radical (unpaired) electrons. The van der Waals surface area contributed by atoms with Gasteiger partial charge in [-0.2, -0.15) is 0 Å². The molecule has 27 heavy (non-hydrogen) atoms. The monoisotopic (exact) mass is 349 g/mol. The average molecular weight is 349 g/mol. The first-order valence-corrected chi connectivity index (χ1v) is 8.57. The Balaban J connectivity index is 1.77. The molecule has 0 saturated carbocycles. The Labute approximate surface area is 158 Å². The summed E-state index contributed by atoms with van der Waals surface area (Å²) >= 11 is 0. The number of hydrogen-bond acceptors (Lipinski definition) is 4. The minimum atomic E-state index is 0.465. The number of aromatic nitrogens is 1. The molecule has 0 atom stereocenters. The molecule has 4 heteroatoms. The molecule has 0 bridgehead atoms. The fraction of sp³-hybridized carbons (Fsp3) is 0. The summed E-state index contributed by atoms with van der Waals surface area (Å²) in [7, 11) is 0. The predicted molar refractivity (Wildman–Crippen MR) is 110 cm³/mol. The van der Waals surface area contributed by atoms with E-state index in [9.17, 15) is 0 Å². The highest BCUT2D eigenvalue weighted by atomic mass is 14.7. The van der Waals surface area contributed by atoms with Crippen molar-refractivity contribution in [2.75, 3.05) is 0 Å². The largest absolute Gasteiger partial charge is 0.282 e. The third-order valence-corrected chi connectivity index (χ3v) is 4.40. The molecule has 0 amide bonds. The van der Waals surface area contributed by atoms with Gasteiger partial charge in [-0.25, -0.2) is 4.98 Å². The second-order valence-electron chi connectivity index (χ2n) is 6.36. The van der Waals surface area contributed by atoms with E-state index in [0.717, 1.165) is 34.4 Å². The lowest BCUT2D eigenvalue weighted by Gasteiger charge is -2.10. The molecule has 3 N–H and O–H groups in total. The Morgan fingerprint density at radius 2 is 1.22 bits per heavy atom. The quantitative estimate of drug-likeness (QED) is 0.695. The lowest BCUT2D eigenvalue weighted by molar-refractivity contribution is 1.09. The van der Waals surface area contributed by atoms with E-state index in [1.54, 1.807) is 36.8 Å². The van der Waals surface area contributed by atoms with E-state index >= 15 is 0 Å². The minimum Gasteiger partial charge on any atom is -0.282 e. The molecule has 126 valence electrons. The molecule has 4 nitrogen and oxygen atoms in total. The van der Waals surface area contributed by atoms with Gasteiger partial charge in [-0.1, -0.05) is 0 Å². The van der Waals surface area contributed by atoms with Crippen LogP contribution in [0.25, 0.3) is 5.57 Å². The summed E-state index contributed by atoms with van der Waals surface area (Å²) in [4.78, 5) is 4.82. The highest BCUT2D eigenvalue weighted by Crippen LogP contribution is 2.29. The maximum atomic E-state index is 7.70. The third kappa shape index (κ3) is 3.60. The van der Waals surface area contributed by atoms with Crippen LogP contribution in [0.1, 0.15) is 17.0 Å². The van der Waals surface area contributed by atoms with Crippen molar-refractivity contribution in [1.82, 2.24) is 4.98 Å². The van der Waals surface area contributed by atoms with Gasteiger partial charge in [0.05, 0.1) is 48.6 Å². The van der Waals surface area contributed by atoms with Crippen molar-refractivity contribution in [3.05, 3.63) is 114 Å². The molecular formula is C23H17N4+3. The topological polar surface area (TPSA) is 84.4 Å². The van der Waals surface area contributed by atoms with Gasteiger partial charge in [0.15, 0.2) is 17.1 Å². The van der Waals surface area contributed by atoms with Crippen LogP contribution in [0.15, 0.2) is 79.0 Å². The first-order chi connectivity index (χ1) is 13.1. The van der Waals surface area contributed by atoms with Crippen molar-refractivity contribution in [3.8, 4) is 0 Å². The summed E-state index contributed by atoms with van der Waals surface area (Å²) in [6, 6.07) is 4.06. The SMILES string of the molecule is N=C1C=C[C+](c2cc(C3=C[CH+]C(=N)C=C3)cc([C+]3C=CC(=N)C=C3)n2)C=C1. The maximum Gasteiger partial charge on any atom is 0.165 e. The zero-order chi connectivity index (χ0) is 18.8. The fourth-order valence-corrected chi connectivity index (χ4v) is 2.94. The van der Waals surface area contributed by atoms with Crippen LogP contribution in [0.5, 0.6) is 0 Å². The predicted octanol–water partition coefficient (Wildman–Crippen LogP) is 4.40. The van der Waals surface area contributed by atoms with Gasteiger partial charge >= 0.3 is 0 Å². The number of nitrogens with one attached hydrogen (secondary N) is 3. The van der Waals surface area contributed by atoms with Crippen LogP contribution in [-0.2, 0) is 0 Å². The van der Waals surface area contributed by atoms with E-state index in [0.29, 0.717) is 17.1 Å². The molecule has 1 aromatic rings. The van der Waals surface area contributed by atoms with Gasteiger partial charge < -0.3 is 0 Å². The number of rotatable bonds is 3. The van der Waals surface area contributed by atoms with Crippen LogP contribution < -0.4 is 0 Å². The van der Waals surface area contributed by atoms with Gasteiger partial charge in [0, 0.05) is 48.6 Å². The summed E-state index contributed by atoms with van der Waals surface area (Å²) in [5, 5.41) is 23.1. The van der Waals surface area contributed by atoms with Crippen LogP contribution >= 0.6 is 0 Å². The van der Waals surface area contributed by atoms with Crippen molar-refractivity contribution in [3.63, 3.8) is 0 Å². The van der Waals surface area contributed by atoms with Crippen molar-refractivity contribution in [2.24, 2.45) is 0 Å². The normalized spacial score (nSPS) is 18.2. The van der Waals surface area contributed by atoms with E-state index in [2.05, 4.69) is 0 Å². The molecule has 0 spiro atoms. The summed E-state index contributed by atoms with van der Waals surface area (Å²) < 4.78 is 0. The second kappa shape index (κ2) is 6.84. The molecular weight excluding hydrogens is 332 g/mol. The fourth-order valence-electron chi connectivity index (χ4n) is 2.94. The van der Waals surface area contributed by atoms with Crippen LogP contribution in [-0.4, -0.2) is 22.1 Å². The van der Waals surface area contributed by atoms with Gasteiger partial charge in [0.1, 0.15) is 22.6 Å². The Hall–Kier alpha value is -3.79. The Kier molecular flexibility index (Phi) is 4.22. The van der Waals surface area contributed by atoms with Crippen molar-refractivity contribution < 1.29 is 0 Å². The first-order valence-electron chi connectivity index (χ1n) is 8.57. The lowest BCUT2D eigenvalue weighted by atomic mass is 9.90. The molecule has 3 aliphatic rings. The first kappa shape index (κ1) is 16.7. The van der Waals surface area contributed by atoms with Crippen LogP contribution in [0.3, 0.4) is 0 Å². The van der Waals surface area contributed by atoms with Crippen molar-refractivity contribution in [2.45, 2.75) is 0 Å². The number of pyridine rings is 1. The van der Waals surface area contributed by atoms with Gasteiger partial charge in [-0.15, -0.1) is 0 Å². The van der Waals surface area contributed by atoms with E-state index in [-0.39, 0.29) is 0 Å². The van der Waals surface area contributed by atoms with Crippen molar-refractivity contribution in [1.29, 1.82) is 16.2 Å². The van der Waals surface area contributed by atoms with Gasteiger partial charge in [0.25, 0.3) is 0 Å². The van der Waals surface area contributed by atoms with E-state index in [4.69, 9.17) is 21.2 Å². The number of nitrogens with zero attached hydrogens (tertiary/aromatic N) is 1. The smallest absolute Gasteiger partial charge is 0.165 e. The van der Waals surface area contributed by atoms with Gasteiger partial charge in [0.2, 0.25) is 0 Å². The molecule has 0 unspecified atom stereocenters. The Morgan fingerprint density at radius 1 is 0.704 bits per heavy atom. The average Bonchev–Trinajstić information content (AvgIpc) is 2.69. The van der Waals surface area contributed by atoms with Crippen LogP contribution in [0, 0.1) is 34.5 Å². The molecule has 0 aliphatic heterocycles. The van der Waals surface area contributed by atoms with Crippen LogP contribution in [0.2, 0.25) is 0 Å². The van der Waals surface area contributed by atoms with E-state index < -0.39 is 0 Å². The standard InChI is InChI=1S/C23H17N4/c24-19-7-1-15(2-8-19)18-13-22(16-3-9-20(25)10-4-16)27-23(14-18)17-5-11-21(26)12-6-17/h1-14,24-26H/q+3.